The molecule has 0 aliphatic carbocycles. The molecule has 0 saturated carbocycles. The van der Waals surface area contributed by atoms with Crippen molar-refractivity contribution in [2.45, 2.75) is 4.75 Å². The van der Waals surface area contributed by atoms with E-state index in [-0.39, 0.29) is 31.2 Å². The molecule has 29 heavy (non-hydrogen) atoms. The van der Waals surface area contributed by atoms with Crippen molar-refractivity contribution in [3.63, 3.8) is 0 Å². The zero-order valence-electron chi connectivity index (χ0n) is 14.3. The molecule has 0 aliphatic rings. The normalized spacial score (nSPS) is 13.8. The summed E-state index contributed by atoms with van der Waals surface area (Å²) < 4.78 is 33.9. The maximum absolute atomic E-state index is 13.0. The second-order valence-corrected chi connectivity index (χ2v) is 9.19. The fraction of sp³-hybridized carbons (Fsp3) is 0.0526. The van der Waals surface area contributed by atoms with Gasteiger partial charge in [0.2, 0.25) is 0 Å². The molecule has 1 atom stereocenters. The van der Waals surface area contributed by atoms with Crippen molar-refractivity contribution >= 4 is 56.5 Å². The van der Waals surface area contributed by atoms with E-state index >= 15 is 0 Å². The SMILES string of the molecule is O=S(=O)(O)C(c1ccccc1)(c1c(O)ccc(Cl)c1O)c1c(Cl)ccc(Cl)c1Cl. The van der Waals surface area contributed by atoms with Crippen LogP contribution in [0.2, 0.25) is 20.1 Å². The Hall–Kier alpha value is -1.67. The summed E-state index contributed by atoms with van der Waals surface area (Å²) in [5, 5.41) is 20.4. The van der Waals surface area contributed by atoms with E-state index in [1.165, 1.54) is 36.4 Å². The van der Waals surface area contributed by atoms with Crippen LogP contribution in [0.3, 0.4) is 0 Å². The summed E-state index contributed by atoms with van der Waals surface area (Å²) in [5.41, 5.74) is -1.04. The lowest BCUT2D eigenvalue weighted by molar-refractivity contribution is 0.416. The fourth-order valence-corrected chi connectivity index (χ4v) is 5.69. The van der Waals surface area contributed by atoms with Gasteiger partial charge in [-0.15, -0.1) is 0 Å². The topological polar surface area (TPSA) is 94.8 Å². The second kappa shape index (κ2) is 7.87. The van der Waals surface area contributed by atoms with Gasteiger partial charge in [0.05, 0.1) is 20.6 Å². The summed E-state index contributed by atoms with van der Waals surface area (Å²) in [6, 6.07) is 12.2. The summed E-state index contributed by atoms with van der Waals surface area (Å²) in [4.78, 5) is 0. The Kier molecular flexibility index (Phi) is 5.98. The molecule has 10 heteroatoms. The van der Waals surface area contributed by atoms with Crippen molar-refractivity contribution in [1.82, 2.24) is 0 Å². The van der Waals surface area contributed by atoms with Crippen molar-refractivity contribution in [2.24, 2.45) is 0 Å². The van der Waals surface area contributed by atoms with Crippen molar-refractivity contribution in [3.8, 4) is 11.5 Å². The maximum atomic E-state index is 13.0. The lowest BCUT2D eigenvalue weighted by atomic mass is 9.82. The van der Waals surface area contributed by atoms with Gasteiger partial charge >= 0.3 is 0 Å². The summed E-state index contributed by atoms with van der Waals surface area (Å²) in [6.45, 7) is 0. The number of rotatable bonds is 4. The van der Waals surface area contributed by atoms with Crippen LogP contribution in [0.25, 0.3) is 0 Å². The minimum Gasteiger partial charge on any atom is -0.507 e. The third-order valence-electron chi connectivity index (χ3n) is 4.42. The van der Waals surface area contributed by atoms with Crippen molar-refractivity contribution in [1.29, 1.82) is 0 Å². The zero-order valence-corrected chi connectivity index (χ0v) is 18.1. The highest BCUT2D eigenvalue weighted by Gasteiger charge is 2.54. The average Bonchev–Trinajstić information content (AvgIpc) is 2.66. The third kappa shape index (κ3) is 3.44. The molecule has 1 unspecified atom stereocenters. The molecule has 0 amide bonds. The number of phenolic OH excluding ortho intramolecular Hbond substituents is 2. The van der Waals surface area contributed by atoms with Gasteiger partial charge in [-0.25, -0.2) is 0 Å². The maximum Gasteiger partial charge on any atom is 0.283 e. The number of benzene rings is 3. The van der Waals surface area contributed by atoms with Gasteiger partial charge in [-0.1, -0.05) is 76.7 Å². The number of hydrogen-bond donors (Lipinski definition) is 3. The lowest BCUT2D eigenvalue weighted by Crippen LogP contribution is -2.39. The summed E-state index contributed by atoms with van der Waals surface area (Å²) in [7, 11) is -5.22. The first-order valence-corrected chi connectivity index (χ1v) is 10.9. The fourth-order valence-electron chi connectivity index (χ4n) is 3.25. The Bertz CT molecular complexity index is 1140. The van der Waals surface area contributed by atoms with Gasteiger partial charge in [-0.05, 0) is 29.8 Å². The van der Waals surface area contributed by atoms with Crippen LogP contribution in [0.4, 0.5) is 0 Å². The molecule has 0 aliphatic heterocycles. The van der Waals surface area contributed by atoms with Gasteiger partial charge in [0.25, 0.3) is 10.1 Å². The Morgan fingerprint density at radius 3 is 1.86 bits per heavy atom. The first-order chi connectivity index (χ1) is 13.5. The molecule has 0 spiro atoms. The van der Waals surface area contributed by atoms with Crippen LogP contribution in [0.1, 0.15) is 16.7 Å². The molecule has 3 N–H and O–H groups in total. The molecule has 152 valence electrons. The van der Waals surface area contributed by atoms with E-state index in [1.54, 1.807) is 6.07 Å². The Labute approximate surface area is 186 Å². The van der Waals surface area contributed by atoms with Gasteiger partial charge in [0.15, 0.2) is 4.75 Å². The van der Waals surface area contributed by atoms with Gasteiger partial charge in [-0.3, -0.25) is 4.55 Å². The molecule has 3 aromatic rings. The van der Waals surface area contributed by atoms with Crippen LogP contribution in [-0.4, -0.2) is 23.2 Å². The highest BCUT2D eigenvalue weighted by Crippen LogP contribution is 2.55. The molecule has 5 nitrogen and oxygen atoms in total. The van der Waals surface area contributed by atoms with Crippen LogP contribution >= 0.6 is 46.4 Å². The molecular formula is C19H12Cl4O5S. The molecular weight excluding hydrogens is 482 g/mol. The summed E-state index contributed by atoms with van der Waals surface area (Å²) in [5.74, 6) is -1.44. The Morgan fingerprint density at radius 2 is 1.28 bits per heavy atom. The van der Waals surface area contributed by atoms with Crippen LogP contribution in [0.5, 0.6) is 11.5 Å². The monoisotopic (exact) mass is 492 g/mol. The van der Waals surface area contributed by atoms with E-state index in [4.69, 9.17) is 46.4 Å². The molecule has 0 radical (unpaired) electrons. The third-order valence-corrected chi connectivity index (χ3v) is 7.26. The van der Waals surface area contributed by atoms with E-state index in [1.807, 2.05) is 0 Å². The summed E-state index contributed by atoms with van der Waals surface area (Å²) >= 11 is 24.8. The number of halogens is 4. The average molecular weight is 494 g/mol. The van der Waals surface area contributed by atoms with Crippen LogP contribution in [-0.2, 0) is 14.9 Å². The van der Waals surface area contributed by atoms with E-state index in [0.717, 1.165) is 12.1 Å². The van der Waals surface area contributed by atoms with Crippen LogP contribution in [0.15, 0.2) is 54.6 Å². The quantitative estimate of drug-likeness (QED) is 0.239. The number of aromatic hydroxyl groups is 2. The highest BCUT2D eigenvalue weighted by molar-refractivity contribution is 7.87. The van der Waals surface area contributed by atoms with E-state index in [0.29, 0.717) is 0 Å². The standard InChI is InChI=1S/C19H12Cl4O5S/c20-11-6-7-12(21)17(23)15(11)19(29(26,27)28,10-4-2-1-3-5-10)16-14(24)9-8-13(22)18(16)25/h1-9,24-25H,(H,26,27,28). The largest absolute Gasteiger partial charge is 0.507 e. The highest BCUT2D eigenvalue weighted by atomic mass is 35.5. The molecule has 3 aromatic carbocycles. The predicted molar refractivity (Wildman–Crippen MR) is 114 cm³/mol. The molecule has 0 saturated heterocycles. The second-order valence-electron chi connectivity index (χ2n) is 6.03. The van der Waals surface area contributed by atoms with Crippen molar-refractivity contribution < 1.29 is 23.2 Å². The Balaban J connectivity index is 2.71. The predicted octanol–water partition coefficient (Wildman–Crippen LogP) is 5.89. The van der Waals surface area contributed by atoms with E-state index in [2.05, 4.69) is 0 Å². The molecule has 0 bridgehead atoms. The Morgan fingerprint density at radius 1 is 0.724 bits per heavy atom. The van der Waals surface area contributed by atoms with Crippen molar-refractivity contribution in [2.75, 3.05) is 0 Å². The molecule has 0 fully saturated rings. The molecule has 3 rings (SSSR count). The van der Waals surface area contributed by atoms with Gasteiger partial charge in [0.1, 0.15) is 11.5 Å². The lowest BCUT2D eigenvalue weighted by Gasteiger charge is -2.34. The number of phenols is 2. The smallest absolute Gasteiger partial charge is 0.283 e. The van der Waals surface area contributed by atoms with E-state index < -0.39 is 31.9 Å². The first-order valence-electron chi connectivity index (χ1n) is 7.91. The minimum absolute atomic E-state index is 0.0592. The summed E-state index contributed by atoms with van der Waals surface area (Å²) in [6.07, 6.45) is 0. The van der Waals surface area contributed by atoms with Gasteiger partial charge in [-0.2, -0.15) is 8.42 Å². The van der Waals surface area contributed by atoms with E-state index in [9.17, 15) is 23.2 Å². The first kappa shape index (κ1) is 22.0. The van der Waals surface area contributed by atoms with Gasteiger partial charge < -0.3 is 10.2 Å². The van der Waals surface area contributed by atoms with Crippen molar-refractivity contribution in [3.05, 3.63) is 91.4 Å². The van der Waals surface area contributed by atoms with Gasteiger partial charge in [0, 0.05) is 10.6 Å². The minimum atomic E-state index is -5.22. The molecule has 0 aromatic heterocycles. The van der Waals surface area contributed by atoms with Crippen LogP contribution in [0, 0.1) is 0 Å². The zero-order chi connectivity index (χ0) is 21.6. The number of hydrogen-bond acceptors (Lipinski definition) is 4. The van der Waals surface area contributed by atoms with Crippen LogP contribution < -0.4 is 0 Å². The molecule has 0 heterocycles.